The quantitative estimate of drug-likeness (QED) is 0.672. The maximum atomic E-state index is 5.94. The van der Waals surface area contributed by atoms with Crippen molar-refractivity contribution in [2.45, 2.75) is 38.6 Å². The molecule has 1 rings (SSSR count). The molecule has 2 N–H and O–H groups in total. The second-order valence-electron chi connectivity index (χ2n) is 3.37. The van der Waals surface area contributed by atoms with Crippen LogP contribution >= 0.6 is 0 Å². The van der Waals surface area contributed by atoms with Gasteiger partial charge in [0.25, 0.3) is 0 Å². The van der Waals surface area contributed by atoms with Crippen molar-refractivity contribution in [1.29, 1.82) is 0 Å². The Morgan fingerprint density at radius 2 is 2.09 bits per heavy atom. The Morgan fingerprint density at radius 1 is 1.45 bits per heavy atom. The molecular formula is C9H19NO. The van der Waals surface area contributed by atoms with Gasteiger partial charge in [-0.3, -0.25) is 0 Å². The summed E-state index contributed by atoms with van der Waals surface area (Å²) in [6.45, 7) is 3.56. The monoisotopic (exact) mass is 157 g/mol. The van der Waals surface area contributed by atoms with Gasteiger partial charge in [0.2, 0.25) is 0 Å². The fourth-order valence-corrected chi connectivity index (χ4v) is 1.78. The largest absolute Gasteiger partial charge is 0.380 e. The minimum Gasteiger partial charge on any atom is -0.380 e. The van der Waals surface area contributed by atoms with Crippen LogP contribution in [0.25, 0.3) is 0 Å². The Kier molecular flexibility index (Phi) is 3.87. The zero-order chi connectivity index (χ0) is 8.10. The first-order valence-electron chi connectivity index (χ1n) is 4.68. The SMILES string of the molecule is CCOCC(N)C1CCCC1. The topological polar surface area (TPSA) is 35.2 Å². The summed E-state index contributed by atoms with van der Waals surface area (Å²) >= 11 is 0. The molecule has 0 radical (unpaired) electrons. The van der Waals surface area contributed by atoms with Gasteiger partial charge < -0.3 is 10.5 Å². The minimum absolute atomic E-state index is 0.289. The molecule has 0 saturated heterocycles. The number of nitrogens with two attached hydrogens (primary N) is 1. The van der Waals surface area contributed by atoms with Gasteiger partial charge in [-0.2, -0.15) is 0 Å². The third-order valence-corrected chi connectivity index (χ3v) is 2.52. The highest BCUT2D eigenvalue weighted by atomic mass is 16.5. The molecule has 1 aliphatic carbocycles. The molecule has 11 heavy (non-hydrogen) atoms. The van der Waals surface area contributed by atoms with E-state index in [0.717, 1.165) is 19.1 Å². The smallest absolute Gasteiger partial charge is 0.0620 e. The zero-order valence-corrected chi connectivity index (χ0v) is 7.38. The van der Waals surface area contributed by atoms with Crippen LogP contribution in [0.15, 0.2) is 0 Å². The first kappa shape index (κ1) is 9.01. The zero-order valence-electron chi connectivity index (χ0n) is 7.38. The molecule has 0 aromatic rings. The molecule has 0 heterocycles. The van der Waals surface area contributed by atoms with Crippen LogP contribution in [0.2, 0.25) is 0 Å². The molecule has 2 heteroatoms. The highest BCUT2D eigenvalue weighted by Crippen LogP contribution is 2.26. The van der Waals surface area contributed by atoms with Gasteiger partial charge in [-0.15, -0.1) is 0 Å². The fourth-order valence-electron chi connectivity index (χ4n) is 1.78. The molecule has 0 amide bonds. The molecule has 0 spiro atoms. The van der Waals surface area contributed by atoms with Crippen molar-refractivity contribution in [3.63, 3.8) is 0 Å². The minimum atomic E-state index is 0.289. The van der Waals surface area contributed by atoms with Crippen molar-refractivity contribution >= 4 is 0 Å². The van der Waals surface area contributed by atoms with Gasteiger partial charge in [-0.05, 0) is 25.7 Å². The van der Waals surface area contributed by atoms with Crippen LogP contribution in [-0.2, 0) is 4.74 Å². The van der Waals surface area contributed by atoms with Gasteiger partial charge in [0.1, 0.15) is 0 Å². The van der Waals surface area contributed by atoms with Crippen molar-refractivity contribution in [2.24, 2.45) is 11.7 Å². The van der Waals surface area contributed by atoms with Crippen molar-refractivity contribution in [2.75, 3.05) is 13.2 Å². The second kappa shape index (κ2) is 4.73. The van der Waals surface area contributed by atoms with Crippen LogP contribution in [0.5, 0.6) is 0 Å². The van der Waals surface area contributed by atoms with E-state index in [2.05, 4.69) is 0 Å². The number of hydrogen-bond acceptors (Lipinski definition) is 2. The molecule has 0 aromatic heterocycles. The van der Waals surface area contributed by atoms with Crippen LogP contribution in [0.1, 0.15) is 32.6 Å². The molecule has 1 atom stereocenters. The van der Waals surface area contributed by atoms with E-state index in [0.29, 0.717) is 0 Å². The van der Waals surface area contributed by atoms with E-state index in [1.165, 1.54) is 25.7 Å². The van der Waals surface area contributed by atoms with Crippen molar-refractivity contribution in [3.05, 3.63) is 0 Å². The van der Waals surface area contributed by atoms with Crippen LogP contribution in [0, 0.1) is 5.92 Å². The highest BCUT2D eigenvalue weighted by molar-refractivity contribution is 4.77. The Balaban J connectivity index is 2.12. The molecule has 0 aromatic carbocycles. The molecule has 0 aliphatic heterocycles. The Bertz CT molecular complexity index is 99.7. The maximum Gasteiger partial charge on any atom is 0.0620 e. The van der Waals surface area contributed by atoms with Crippen LogP contribution < -0.4 is 5.73 Å². The number of ether oxygens (including phenoxy) is 1. The standard InChI is InChI=1S/C9H19NO/c1-2-11-7-9(10)8-5-3-4-6-8/h8-9H,2-7,10H2,1H3. The van der Waals surface area contributed by atoms with Crippen LogP contribution in [0.4, 0.5) is 0 Å². The predicted octanol–water partition coefficient (Wildman–Crippen LogP) is 1.54. The fraction of sp³-hybridized carbons (Fsp3) is 1.00. The first-order chi connectivity index (χ1) is 5.34. The van der Waals surface area contributed by atoms with Gasteiger partial charge in [-0.1, -0.05) is 12.8 Å². The highest BCUT2D eigenvalue weighted by Gasteiger charge is 2.21. The number of hydrogen-bond donors (Lipinski definition) is 1. The Morgan fingerprint density at radius 3 is 2.64 bits per heavy atom. The Labute approximate surface area is 69.1 Å². The van der Waals surface area contributed by atoms with E-state index in [9.17, 15) is 0 Å². The van der Waals surface area contributed by atoms with Crippen molar-refractivity contribution in [3.8, 4) is 0 Å². The summed E-state index contributed by atoms with van der Waals surface area (Å²) in [5, 5.41) is 0. The third kappa shape index (κ3) is 2.80. The first-order valence-corrected chi connectivity index (χ1v) is 4.68. The maximum absolute atomic E-state index is 5.94. The lowest BCUT2D eigenvalue weighted by Gasteiger charge is -2.17. The van der Waals surface area contributed by atoms with Gasteiger partial charge in [0, 0.05) is 12.6 Å². The molecule has 66 valence electrons. The number of rotatable bonds is 4. The second-order valence-corrected chi connectivity index (χ2v) is 3.37. The van der Waals surface area contributed by atoms with E-state index in [-0.39, 0.29) is 6.04 Å². The summed E-state index contributed by atoms with van der Waals surface area (Å²) in [7, 11) is 0. The van der Waals surface area contributed by atoms with E-state index in [4.69, 9.17) is 10.5 Å². The molecule has 2 nitrogen and oxygen atoms in total. The summed E-state index contributed by atoms with van der Waals surface area (Å²) in [5.74, 6) is 0.738. The van der Waals surface area contributed by atoms with Crippen molar-refractivity contribution < 1.29 is 4.74 Å². The molecule has 0 bridgehead atoms. The van der Waals surface area contributed by atoms with Crippen LogP contribution in [-0.4, -0.2) is 19.3 Å². The van der Waals surface area contributed by atoms with E-state index in [1.807, 2.05) is 6.92 Å². The van der Waals surface area contributed by atoms with Gasteiger partial charge in [-0.25, -0.2) is 0 Å². The lowest BCUT2D eigenvalue weighted by Crippen LogP contribution is -2.33. The predicted molar refractivity (Wildman–Crippen MR) is 46.4 cm³/mol. The molecule has 1 fully saturated rings. The lowest BCUT2D eigenvalue weighted by atomic mass is 10.00. The average Bonchev–Trinajstić information content (AvgIpc) is 2.52. The molecule has 1 unspecified atom stereocenters. The Hall–Kier alpha value is -0.0800. The molecule has 1 saturated carbocycles. The summed E-state index contributed by atoms with van der Waals surface area (Å²) in [6, 6.07) is 0.289. The summed E-state index contributed by atoms with van der Waals surface area (Å²) < 4.78 is 5.28. The summed E-state index contributed by atoms with van der Waals surface area (Å²) in [4.78, 5) is 0. The van der Waals surface area contributed by atoms with Crippen molar-refractivity contribution in [1.82, 2.24) is 0 Å². The normalized spacial score (nSPS) is 22.4. The average molecular weight is 157 g/mol. The van der Waals surface area contributed by atoms with Gasteiger partial charge in [0.05, 0.1) is 6.61 Å². The molecule has 1 aliphatic rings. The van der Waals surface area contributed by atoms with E-state index in [1.54, 1.807) is 0 Å². The van der Waals surface area contributed by atoms with Gasteiger partial charge >= 0.3 is 0 Å². The molecular weight excluding hydrogens is 138 g/mol. The third-order valence-electron chi connectivity index (χ3n) is 2.52. The summed E-state index contributed by atoms with van der Waals surface area (Å²) in [5.41, 5.74) is 5.94. The van der Waals surface area contributed by atoms with Crippen LogP contribution in [0.3, 0.4) is 0 Å². The van der Waals surface area contributed by atoms with Gasteiger partial charge in [0.15, 0.2) is 0 Å². The summed E-state index contributed by atoms with van der Waals surface area (Å²) in [6.07, 6.45) is 5.36. The lowest BCUT2D eigenvalue weighted by molar-refractivity contribution is 0.117. The van der Waals surface area contributed by atoms with E-state index >= 15 is 0 Å². The van der Waals surface area contributed by atoms with E-state index < -0.39 is 0 Å².